The Morgan fingerprint density at radius 1 is 1.19 bits per heavy atom. The van der Waals surface area contributed by atoms with Crippen LogP contribution >= 0.6 is 0 Å². The first-order chi connectivity index (χ1) is 12.3. The highest BCUT2D eigenvalue weighted by atomic mass is 19.4. The minimum Gasteiger partial charge on any atom is -0.493 e. The molecule has 0 unspecified atom stereocenters. The van der Waals surface area contributed by atoms with E-state index < -0.39 is 17.6 Å². The number of amides is 1. The summed E-state index contributed by atoms with van der Waals surface area (Å²) in [4.78, 5) is 11.9. The molecule has 0 fully saturated rings. The average molecular weight is 366 g/mol. The van der Waals surface area contributed by atoms with Crippen molar-refractivity contribution in [3.63, 3.8) is 0 Å². The lowest BCUT2D eigenvalue weighted by molar-refractivity contribution is -0.137. The number of ether oxygens (including phenoxy) is 2. The lowest BCUT2D eigenvalue weighted by Gasteiger charge is -2.09. The van der Waals surface area contributed by atoms with E-state index in [2.05, 4.69) is 10.5 Å². The summed E-state index contributed by atoms with van der Waals surface area (Å²) < 4.78 is 48.6. The fraction of sp³-hybridized carbons (Fsp3) is 0.222. The molecule has 2 aromatic carbocycles. The molecule has 8 heteroatoms. The molecule has 5 nitrogen and oxygen atoms in total. The summed E-state index contributed by atoms with van der Waals surface area (Å²) in [5, 5.41) is 3.76. The van der Waals surface area contributed by atoms with Gasteiger partial charge in [0.2, 0.25) is 0 Å². The number of halogens is 3. The van der Waals surface area contributed by atoms with Gasteiger partial charge in [0.05, 0.1) is 25.5 Å². The lowest BCUT2D eigenvalue weighted by Crippen LogP contribution is -2.18. The predicted molar refractivity (Wildman–Crippen MR) is 90.7 cm³/mol. The van der Waals surface area contributed by atoms with Crippen molar-refractivity contribution >= 4 is 12.1 Å². The second-order valence-electron chi connectivity index (χ2n) is 5.12. The van der Waals surface area contributed by atoms with Gasteiger partial charge in [-0.25, -0.2) is 5.43 Å². The van der Waals surface area contributed by atoms with E-state index in [1.165, 1.54) is 25.5 Å². The number of carbonyl (C=O) groups excluding carboxylic acids is 1. The molecule has 0 aromatic heterocycles. The van der Waals surface area contributed by atoms with E-state index in [9.17, 15) is 18.0 Å². The highest BCUT2D eigenvalue weighted by Crippen LogP contribution is 2.29. The van der Waals surface area contributed by atoms with E-state index in [-0.39, 0.29) is 5.56 Å². The number of alkyl halides is 3. The van der Waals surface area contributed by atoms with E-state index in [0.717, 1.165) is 12.1 Å². The molecule has 1 amide bonds. The van der Waals surface area contributed by atoms with Gasteiger partial charge >= 0.3 is 6.18 Å². The number of methoxy groups -OCH3 is 1. The molecule has 1 N–H and O–H groups in total. The summed E-state index contributed by atoms with van der Waals surface area (Å²) in [6.07, 6.45) is -3.16. The van der Waals surface area contributed by atoms with Crippen LogP contribution in [-0.2, 0) is 6.18 Å². The third kappa shape index (κ3) is 4.98. The number of rotatable bonds is 6. The maximum atomic E-state index is 12.7. The van der Waals surface area contributed by atoms with Crippen LogP contribution in [0.2, 0.25) is 0 Å². The molecular weight excluding hydrogens is 349 g/mol. The first kappa shape index (κ1) is 19.3. The first-order valence-corrected chi connectivity index (χ1v) is 7.66. The largest absolute Gasteiger partial charge is 0.493 e. The Morgan fingerprint density at radius 3 is 2.62 bits per heavy atom. The molecule has 0 heterocycles. The van der Waals surface area contributed by atoms with E-state index in [1.807, 2.05) is 6.92 Å². The van der Waals surface area contributed by atoms with Gasteiger partial charge in [0.1, 0.15) is 0 Å². The van der Waals surface area contributed by atoms with Gasteiger partial charge in [-0.1, -0.05) is 6.07 Å². The van der Waals surface area contributed by atoms with E-state index >= 15 is 0 Å². The Hall–Kier alpha value is -3.03. The van der Waals surface area contributed by atoms with Crippen molar-refractivity contribution < 1.29 is 27.4 Å². The summed E-state index contributed by atoms with van der Waals surface area (Å²) in [5.41, 5.74) is 1.79. The minimum atomic E-state index is -4.52. The molecule has 0 atom stereocenters. The zero-order valence-electron chi connectivity index (χ0n) is 14.1. The van der Waals surface area contributed by atoms with Crippen molar-refractivity contribution in [3.8, 4) is 11.5 Å². The SMILES string of the molecule is CCOc1cc(/C=N\NC(=O)c2cccc(C(F)(F)F)c2)ccc1OC. The van der Waals surface area contributed by atoms with E-state index in [0.29, 0.717) is 23.7 Å². The Kier molecular flexibility index (Phi) is 6.21. The van der Waals surface area contributed by atoms with Gasteiger partial charge in [0.25, 0.3) is 5.91 Å². The first-order valence-electron chi connectivity index (χ1n) is 7.66. The molecule has 2 aromatic rings. The number of nitrogens with zero attached hydrogens (tertiary/aromatic N) is 1. The Bertz CT molecular complexity index is 805. The van der Waals surface area contributed by atoms with Gasteiger partial charge in [-0.15, -0.1) is 0 Å². The summed E-state index contributed by atoms with van der Waals surface area (Å²) in [6, 6.07) is 9.16. The van der Waals surface area contributed by atoms with Crippen molar-refractivity contribution in [1.82, 2.24) is 5.43 Å². The maximum absolute atomic E-state index is 12.7. The van der Waals surface area contributed by atoms with Crippen LogP contribution in [0.15, 0.2) is 47.6 Å². The normalized spacial score (nSPS) is 11.4. The smallest absolute Gasteiger partial charge is 0.416 e. The van der Waals surface area contributed by atoms with Gasteiger partial charge < -0.3 is 9.47 Å². The molecule has 0 spiro atoms. The van der Waals surface area contributed by atoms with E-state index in [1.54, 1.807) is 18.2 Å². The minimum absolute atomic E-state index is 0.137. The number of hydrazone groups is 1. The molecule has 0 aliphatic rings. The van der Waals surface area contributed by atoms with Crippen LogP contribution in [-0.4, -0.2) is 25.8 Å². The van der Waals surface area contributed by atoms with Crippen molar-refractivity contribution in [2.75, 3.05) is 13.7 Å². The standard InChI is InChI=1S/C18H17F3N2O3/c1-3-26-16-9-12(7-8-15(16)25-2)11-22-23-17(24)13-5-4-6-14(10-13)18(19,20)21/h4-11H,3H2,1-2H3,(H,23,24)/b22-11-. The lowest BCUT2D eigenvalue weighted by atomic mass is 10.1. The maximum Gasteiger partial charge on any atom is 0.416 e. The molecule has 138 valence electrons. The van der Waals surface area contributed by atoms with Gasteiger partial charge in [-0.05, 0) is 48.9 Å². The molecule has 0 saturated heterocycles. The molecule has 26 heavy (non-hydrogen) atoms. The van der Waals surface area contributed by atoms with E-state index in [4.69, 9.17) is 9.47 Å². The topological polar surface area (TPSA) is 59.9 Å². The Balaban J connectivity index is 2.08. The molecule has 2 rings (SSSR count). The third-order valence-corrected chi connectivity index (χ3v) is 3.32. The van der Waals surface area contributed by atoms with Crippen LogP contribution in [0.25, 0.3) is 0 Å². The second kappa shape index (κ2) is 8.37. The van der Waals surface area contributed by atoms with Crippen molar-refractivity contribution in [3.05, 3.63) is 59.2 Å². The summed E-state index contributed by atoms with van der Waals surface area (Å²) in [7, 11) is 1.51. The highest BCUT2D eigenvalue weighted by molar-refractivity contribution is 5.95. The third-order valence-electron chi connectivity index (χ3n) is 3.32. The summed E-state index contributed by atoms with van der Waals surface area (Å²) in [5.74, 6) is 0.325. The molecule has 0 saturated carbocycles. The molecular formula is C18H17F3N2O3. The second-order valence-corrected chi connectivity index (χ2v) is 5.12. The number of nitrogens with one attached hydrogen (secondary N) is 1. The number of hydrogen-bond acceptors (Lipinski definition) is 4. The molecule has 0 aliphatic heterocycles. The average Bonchev–Trinajstić information content (AvgIpc) is 2.61. The number of hydrogen-bond donors (Lipinski definition) is 1. The van der Waals surface area contributed by atoms with Crippen LogP contribution in [0.3, 0.4) is 0 Å². The number of benzene rings is 2. The highest BCUT2D eigenvalue weighted by Gasteiger charge is 2.30. The summed E-state index contributed by atoms with van der Waals surface area (Å²) in [6.45, 7) is 2.28. The molecule has 0 radical (unpaired) electrons. The summed E-state index contributed by atoms with van der Waals surface area (Å²) >= 11 is 0. The van der Waals surface area contributed by atoms with Crippen LogP contribution in [0.5, 0.6) is 11.5 Å². The van der Waals surface area contributed by atoms with Crippen molar-refractivity contribution in [2.24, 2.45) is 5.10 Å². The fourth-order valence-electron chi connectivity index (χ4n) is 2.11. The van der Waals surface area contributed by atoms with Crippen molar-refractivity contribution in [2.45, 2.75) is 13.1 Å². The van der Waals surface area contributed by atoms with Gasteiger partial charge in [0, 0.05) is 5.56 Å². The molecule has 0 aliphatic carbocycles. The van der Waals surface area contributed by atoms with Gasteiger partial charge in [-0.3, -0.25) is 4.79 Å². The zero-order valence-corrected chi connectivity index (χ0v) is 14.1. The number of carbonyl (C=O) groups is 1. The van der Waals surface area contributed by atoms with Gasteiger partial charge in [0.15, 0.2) is 11.5 Å². The van der Waals surface area contributed by atoms with Crippen molar-refractivity contribution in [1.29, 1.82) is 0 Å². The van der Waals surface area contributed by atoms with Crippen LogP contribution in [0, 0.1) is 0 Å². The van der Waals surface area contributed by atoms with Gasteiger partial charge in [-0.2, -0.15) is 18.3 Å². The van der Waals surface area contributed by atoms with Crippen LogP contribution in [0.4, 0.5) is 13.2 Å². The van der Waals surface area contributed by atoms with Crippen LogP contribution < -0.4 is 14.9 Å². The predicted octanol–water partition coefficient (Wildman–Crippen LogP) is 3.88. The Labute approximate surface area is 148 Å². The zero-order chi connectivity index (χ0) is 19.2. The molecule has 0 bridgehead atoms. The monoisotopic (exact) mass is 366 g/mol. The van der Waals surface area contributed by atoms with Crippen LogP contribution in [0.1, 0.15) is 28.4 Å². The quantitative estimate of drug-likeness (QED) is 0.624. The fourth-order valence-corrected chi connectivity index (χ4v) is 2.11. The Morgan fingerprint density at radius 2 is 1.96 bits per heavy atom.